The fourth-order valence-electron chi connectivity index (χ4n) is 1.72. The largest absolute Gasteiger partial charge is 0.493 e. The molecule has 0 atom stereocenters. The van der Waals surface area contributed by atoms with E-state index in [2.05, 4.69) is 0 Å². The van der Waals surface area contributed by atoms with Crippen molar-refractivity contribution in [3.05, 3.63) is 53.1 Å². The Bertz CT molecular complexity index is 797. The van der Waals surface area contributed by atoms with Gasteiger partial charge in [0.25, 0.3) is 0 Å². The first kappa shape index (κ1) is 16.3. The topological polar surface area (TPSA) is 69.7 Å². The highest BCUT2D eigenvalue weighted by Gasteiger charge is 2.19. The molecule has 0 aromatic heterocycles. The molecule has 0 unspecified atom stereocenters. The van der Waals surface area contributed by atoms with Crippen molar-refractivity contribution in [2.45, 2.75) is 11.8 Å². The van der Waals surface area contributed by atoms with Gasteiger partial charge in [0.1, 0.15) is 4.90 Å². The van der Waals surface area contributed by atoms with Gasteiger partial charge in [-0.3, -0.25) is 4.79 Å². The fraction of sp³-hybridized carbons (Fsp3) is 0.133. The lowest BCUT2D eigenvalue weighted by molar-refractivity contribution is 0.101. The van der Waals surface area contributed by atoms with Gasteiger partial charge in [-0.15, -0.1) is 0 Å². The Kier molecular flexibility index (Phi) is 4.73. The molecule has 0 saturated carbocycles. The molecule has 0 spiro atoms. The van der Waals surface area contributed by atoms with Crippen LogP contribution in [0.2, 0.25) is 5.02 Å². The summed E-state index contributed by atoms with van der Waals surface area (Å²) in [5, 5.41) is 0.419. The molecule has 2 aromatic rings. The number of methoxy groups -OCH3 is 1. The third-order valence-corrected chi connectivity index (χ3v) is 4.37. The number of ketones is 1. The van der Waals surface area contributed by atoms with Crippen LogP contribution >= 0.6 is 11.6 Å². The van der Waals surface area contributed by atoms with Gasteiger partial charge in [0.05, 0.1) is 7.11 Å². The van der Waals surface area contributed by atoms with Crippen LogP contribution in [0.3, 0.4) is 0 Å². The van der Waals surface area contributed by atoms with Gasteiger partial charge in [-0.05, 0) is 49.4 Å². The Labute approximate surface area is 133 Å². The molecule has 116 valence electrons. The lowest BCUT2D eigenvalue weighted by Gasteiger charge is -2.11. The van der Waals surface area contributed by atoms with Crippen molar-refractivity contribution in [2.75, 3.05) is 7.11 Å². The molecule has 0 amide bonds. The van der Waals surface area contributed by atoms with Crippen molar-refractivity contribution in [1.82, 2.24) is 0 Å². The van der Waals surface area contributed by atoms with E-state index in [-0.39, 0.29) is 22.2 Å². The fourth-order valence-corrected chi connectivity index (χ4v) is 2.79. The molecule has 0 N–H and O–H groups in total. The van der Waals surface area contributed by atoms with Crippen molar-refractivity contribution < 1.29 is 22.1 Å². The minimum absolute atomic E-state index is 0.00227. The molecule has 2 aromatic carbocycles. The van der Waals surface area contributed by atoms with Gasteiger partial charge < -0.3 is 8.92 Å². The minimum atomic E-state index is -4.02. The maximum atomic E-state index is 12.2. The first-order chi connectivity index (χ1) is 10.3. The van der Waals surface area contributed by atoms with E-state index >= 15 is 0 Å². The van der Waals surface area contributed by atoms with Crippen LogP contribution in [0.1, 0.15) is 17.3 Å². The van der Waals surface area contributed by atoms with Gasteiger partial charge in [-0.2, -0.15) is 8.42 Å². The molecule has 5 nitrogen and oxygen atoms in total. The van der Waals surface area contributed by atoms with Crippen LogP contribution in [0.15, 0.2) is 47.4 Å². The van der Waals surface area contributed by atoms with Gasteiger partial charge in [-0.25, -0.2) is 0 Å². The quantitative estimate of drug-likeness (QED) is 0.617. The second kappa shape index (κ2) is 6.37. The van der Waals surface area contributed by atoms with Crippen molar-refractivity contribution in [1.29, 1.82) is 0 Å². The smallest absolute Gasteiger partial charge is 0.339 e. The second-order valence-electron chi connectivity index (χ2n) is 4.41. The molecule has 0 aliphatic carbocycles. The SMILES string of the molecule is COc1cc(C(C)=O)ccc1OS(=O)(=O)c1ccc(Cl)cc1. The van der Waals surface area contributed by atoms with E-state index in [1.807, 2.05) is 0 Å². The molecule has 0 saturated heterocycles. The lowest BCUT2D eigenvalue weighted by atomic mass is 10.1. The van der Waals surface area contributed by atoms with E-state index in [0.29, 0.717) is 10.6 Å². The molecular formula is C15H13ClO5S. The lowest BCUT2D eigenvalue weighted by Crippen LogP contribution is -2.10. The Morgan fingerprint density at radius 1 is 1.05 bits per heavy atom. The average molecular weight is 341 g/mol. The summed E-state index contributed by atoms with van der Waals surface area (Å²) in [6.45, 7) is 1.40. The van der Waals surface area contributed by atoms with Crippen LogP contribution in [-0.4, -0.2) is 21.3 Å². The standard InChI is InChI=1S/C15H13ClO5S/c1-10(17)11-3-8-14(15(9-11)20-2)21-22(18,19)13-6-4-12(16)5-7-13/h3-9H,1-2H3. The molecule has 0 fully saturated rings. The zero-order valence-electron chi connectivity index (χ0n) is 11.9. The van der Waals surface area contributed by atoms with Crippen molar-refractivity contribution in [2.24, 2.45) is 0 Å². The molecule has 0 heterocycles. The molecule has 2 rings (SSSR count). The maximum Gasteiger partial charge on any atom is 0.339 e. The van der Waals surface area contributed by atoms with Gasteiger partial charge in [0.2, 0.25) is 0 Å². The summed E-state index contributed by atoms with van der Waals surface area (Å²) in [6.07, 6.45) is 0. The third kappa shape index (κ3) is 3.58. The summed E-state index contributed by atoms with van der Waals surface area (Å²) in [4.78, 5) is 11.3. The third-order valence-electron chi connectivity index (χ3n) is 2.87. The van der Waals surface area contributed by atoms with Crippen molar-refractivity contribution >= 4 is 27.5 Å². The van der Waals surface area contributed by atoms with Gasteiger partial charge in [0.15, 0.2) is 17.3 Å². The number of ether oxygens (including phenoxy) is 1. The van der Waals surface area contributed by atoms with Crippen LogP contribution in [0.25, 0.3) is 0 Å². The number of hydrogen-bond acceptors (Lipinski definition) is 5. The number of halogens is 1. The van der Waals surface area contributed by atoms with E-state index < -0.39 is 10.1 Å². The number of Topliss-reactive ketones (excluding diaryl/α,β-unsaturated/α-hetero) is 1. The van der Waals surface area contributed by atoms with Crippen molar-refractivity contribution in [3.8, 4) is 11.5 Å². The number of rotatable bonds is 5. The van der Waals surface area contributed by atoms with Crippen LogP contribution in [-0.2, 0) is 10.1 Å². The molecule has 0 aliphatic heterocycles. The first-order valence-corrected chi connectivity index (χ1v) is 8.01. The summed E-state index contributed by atoms with van der Waals surface area (Å²) in [5.74, 6) is -0.00176. The van der Waals surface area contributed by atoms with Crippen molar-refractivity contribution in [3.63, 3.8) is 0 Å². The Balaban J connectivity index is 2.37. The maximum absolute atomic E-state index is 12.2. The summed E-state index contributed by atoms with van der Waals surface area (Å²) >= 11 is 5.73. The van der Waals surface area contributed by atoms with Crippen LogP contribution in [0, 0.1) is 0 Å². The van der Waals surface area contributed by atoms with E-state index in [0.717, 1.165) is 0 Å². The Morgan fingerprint density at radius 2 is 1.68 bits per heavy atom. The van der Waals surface area contributed by atoms with Crippen LogP contribution in [0.4, 0.5) is 0 Å². The zero-order valence-corrected chi connectivity index (χ0v) is 13.4. The highest BCUT2D eigenvalue weighted by atomic mass is 35.5. The number of hydrogen-bond donors (Lipinski definition) is 0. The predicted molar refractivity (Wildman–Crippen MR) is 82.3 cm³/mol. The van der Waals surface area contributed by atoms with Gasteiger partial charge >= 0.3 is 10.1 Å². The highest BCUT2D eigenvalue weighted by Crippen LogP contribution is 2.31. The zero-order chi connectivity index (χ0) is 16.3. The molecule has 0 bridgehead atoms. The number of benzene rings is 2. The monoisotopic (exact) mass is 340 g/mol. The minimum Gasteiger partial charge on any atom is -0.493 e. The molecule has 22 heavy (non-hydrogen) atoms. The average Bonchev–Trinajstić information content (AvgIpc) is 2.47. The normalized spacial score (nSPS) is 11.0. The Hall–Kier alpha value is -2.05. The second-order valence-corrected chi connectivity index (χ2v) is 6.40. The summed E-state index contributed by atoms with van der Waals surface area (Å²) in [7, 11) is -2.66. The molecular weight excluding hydrogens is 328 g/mol. The molecule has 7 heteroatoms. The van der Waals surface area contributed by atoms with E-state index in [9.17, 15) is 13.2 Å². The molecule has 0 aliphatic rings. The predicted octanol–water partition coefficient (Wildman–Crippen LogP) is 3.32. The highest BCUT2D eigenvalue weighted by molar-refractivity contribution is 7.87. The molecule has 0 radical (unpaired) electrons. The van der Waals surface area contributed by atoms with Crippen LogP contribution < -0.4 is 8.92 Å². The van der Waals surface area contributed by atoms with Gasteiger partial charge in [-0.1, -0.05) is 11.6 Å². The summed E-state index contributed by atoms with van der Waals surface area (Å²) in [6, 6.07) is 9.86. The van der Waals surface area contributed by atoms with E-state index in [4.69, 9.17) is 20.5 Å². The van der Waals surface area contributed by atoms with Crippen LogP contribution in [0.5, 0.6) is 11.5 Å². The van der Waals surface area contributed by atoms with Gasteiger partial charge in [0, 0.05) is 10.6 Å². The summed E-state index contributed by atoms with van der Waals surface area (Å²) in [5.41, 5.74) is 0.396. The number of carbonyl (C=O) groups is 1. The van der Waals surface area contributed by atoms with E-state index in [1.165, 1.54) is 56.5 Å². The Morgan fingerprint density at radius 3 is 2.23 bits per heavy atom. The first-order valence-electron chi connectivity index (χ1n) is 6.22. The summed E-state index contributed by atoms with van der Waals surface area (Å²) < 4.78 is 34.6. The van der Waals surface area contributed by atoms with E-state index in [1.54, 1.807) is 0 Å². The number of carbonyl (C=O) groups excluding carboxylic acids is 1.